The second-order valence-electron chi connectivity index (χ2n) is 10.0. The van der Waals surface area contributed by atoms with E-state index < -0.39 is 5.60 Å². The van der Waals surface area contributed by atoms with Crippen LogP contribution in [-0.4, -0.2) is 58.2 Å². The minimum atomic E-state index is -0.666. The van der Waals surface area contributed by atoms with Gasteiger partial charge in [-0.15, -0.1) is 0 Å². The Balaban J connectivity index is 1.26. The number of fused-ring (bicyclic) bond motifs is 1. The van der Waals surface area contributed by atoms with Crippen LogP contribution in [0.2, 0.25) is 0 Å². The molecule has 1 N–H and O–H groups in total. The monoisotopic (exact) mass is 529 g/mol. The third-order valence-corrected chi connectivity index (χ3v) is 7.28. The van der Waals surface area contributed by atoms with Crippen molar-refractivity contribution in [2.24, 2.45) is 0 Å². The third-order valence-electron chi connectivity index (χ3n) is 7.28. The van der Waals surface area contributed by atoms with Crippen molar-refractivity contribution < 1.29 is 23.7 Å². The molecule has 3 aromatic heterocycles. The van der Waals surface area contributed by atoms with E-state index in [0.717, 1.165) is 35.0 Å². The van der Waals surface area contributed by atoms with Crippen LogP contribution in [0.1, 0.15) is 37.4 Å². The highest BCUT2D eigenvalue weighted by Gasteiger charge is 2.40. The van der Waals surface area contributed by atoms with Gasteiger partial charge in [-0.3, -0.25) is 4.79 Å². The molecule has 1 unspecified atom stereocenters. The first-order chi connectivity index (χ1) is 19.0. The lowest BCUT2D eigenvalue weighted by Crippen LogP contribution is -2.39. The van der Waals surface area contributed by atoms with Crippen molar-refractivity contribution in [3.63, 3.8) is 0 Å². The molecule has 1 saturated carbocycles. The topological polar surface area (TPSA) is 110 Å². The number of benzene rings is 1. The number of hydrogen-bond acceptors (Lipinski definition) is 8. The predicted molar refractivity (Wildman–Crippen MR) is 144 cm³/mol. The van der Waals surface area contributed by atoms with Crippen molar-refractivity contribution in [3.8, 4) is 11.6 Å². The normalized spacial score (nSPS) is 22.5. The quantitative estimate of drug-likeness (QED) is 0.344. The molecule has 6 rings (SSSR count). The Morgan fingerprint density at radius 1 is 1.15 bits per heavy atom. The van der Waals surface area contributed by atoms with Crippen LogP contribution < -0.4 is 10.1 Å². The minimum absolute atomic E-state index is 0.0390. The molecule has 2 fully saturated rings. The number of rotatable bonds is 9. The minimum Gasteiger partial charge on any atom is -0.490 e. The number of nitrogens with zero attached hydrogens (tertiary/aromatic N) is 4. The first-order valence-electron chi connectivity index (χ1n) is 13.1. The molecule has 1 saturated heterocycles. The molecule has 10 heteroatoms. The Kier molecular flexibility index (Phi) is 6.99. The number of ether oxygens (including phenoxy) is 4. The van der Waals surface area contributed by atoms with Gasteiger partial charge in [-0.1, -0.05) is 30.3 Å². The van der Waals surface area contributed by atoms with Crippen LogP contribution in [0, 0.1) is 0 Å². The van der Waals surface area contributed by atoms with Gasteiger partial charge in [0.1, 0.15) is 23.3 Å². The summed E-state index contributed by atoms with van der Waals surface area (Å²) < 4.78 is 25.9. The fraction of sp³-hybridized carbons (Fsp3) is 0.379. The smallest absolute Gasteiger partial charge is 0.222 e. The van der Waals surface area contributed by atoms with Crippen LogP contribution in [0.25, 0.3) is 16.7 Å². The fourth-order valence-electron chi connectivity index (χ4n) is 5.00. The van der Waals surface area contributed by atoms with Crippen LogP contribution in [0.3, 0.4) is 0 Å². The summed E-state index contributed by atoms with van der Waals surface area (Å²) in [6.07, 6.45) is 5.92. The second-order valence-corrected chi connectivity index (χ2v) is 10.0. The molecule has 10 nitrogen and oxygen atoms in total. The van der Waals surface area contributed by atoms with Gasteiger partial charge in [0.05, 0.1) is 36.7 Å². The molecule has 0 spiro atoms. The molecule has 1 atom stereocenters. The van der Waals surface area contributed by atoms with Gasteiger partial charge in [-0.25, -0.2) is 14.6 Å². The van der Waals surface area contributed by atoms with Crippen molar-refractivity contribution in [2.75, 3.05) is 25.6 Å². The summed E-state index contributed by atoms with van der Waals surface area (Å²) in [4.78, 5) is 20.8. The predicted octanol–water partition coefficient (Wildman–Crippen LogP) is 4.16. The molecular formula is C29H31N5O5. The Morgan fingerprint density at radius 3 is 2.74 bits per heavy atom. The van der Waals surface area contributed by atoms with Crippen molar-refractivity contribution in [2.45, 2.75) is 50.6 Å². The molecule has 0 bridgehead atoms. The van der Waals surface area contributed by atoms with E-state index in [9.17, 15) is 4.79 Å². The number of nitrogens with one attached hydrogen (secondary N) is 1. The van der Waals surface area contributed by atoms with Crippen molar-refractivity contribution in [1.29, 1.82) is 0 Å². The average molecular weight is 530 g/mol. The van der Waals surface area contributed by atoms with E-state index in [1.807, 2.05) is 30.3 Å². The molecule has 1 amide bonds. The van der Waals surface area contributed by atoms with Crippen molar-refractivity contribution in [1.82, 2.24) is 19.7 Å². The van der Waals surface area contributed by atoms with Gasteiger partial charge in [-0.2, -0.15) is 5.10 Å². The fourth-order valence-corrected chi connectivity index (χ4v) is 5.00. The Hall–Kier alpha value is -3.86. The largest absolute Gasteiger partial charge is 0.490 e. The molecule has 1 aromatic carbocycles. The summed E-state index contributed by atoms with van der Waals surface area (Å²) in [7, 11) is 1.68. The number of amides is 1. The van der Waals surface area contributed by atoms with E-state index >= 15 is 0 Å². The number of carbonyl (C=O) groups excluding carboxylic acids is 1. The lowest BCUT2D eigenvalue weighted by atomic mass is 9.91. The van der Waals surface area contributed by atoms with Gasteiger partial charge >= 0.3 is 0 Å². The van der Waals surface area contributed by atoms with Crippen molar-refractivity contribution in [3.05, 3.63) is 72.2 Å². The molecule has 1 aliphatic heterocycles. The lowest BCUT2D eigenvalue weighted by molar-refractivity contribution is -0.114. The zero-order valence-corrected chi connectivity index (χ0v) is 22.0. The standard InChI is InChI=1S/C29H31N5O5/c1-19(35)32-27-14-25-21(15-30-27)16-31-34(25)28-13-24(12-26(33-28)29(36-2)8-9-37-18-29)39-23-10-22(11-23)38-17-20-6-4-3-5-7-20/h3-7,12-16,22-23H,8-11,17-18H2,1-2H3,(H,30,32,35). The summed E-state index contributed by atoms with van der Waals surface area (Å²) in [6.45, 7) is 3.05. The Labute approximate surface area is 226 Å². The number of pyridine rings is 2. The maximum atomic E-state index is 11.6. The summed E-state index contributed by atoms with van der Waals surface area (Å²) >= 11 is 0. The van der Waals surface area contributed by atoms with E-state index in [0.29, 0.717) is 43.6 Å². The Morgan fingerprint density at radius 2 is 2.00 bits per heavy atom. The SMILES string of the molecule is COC1(c2cc(OC3CC(OCc4ccccc4)C3)cc(-n3ncc4cnc(NC(C)=O)cc43)n2)CCOC1. The molecular weight excluding hydrogens is 498 g/mol. The molecule has 202 valence electrons. The molecule has 1 aliphatic carbocycles. The molecule has 0 radical (unpaired) electrons. The molecule has 2 aliphatic rings. The number of anilines is 1. The first-order valence-corrected chi connectivity index (χ1v) is 13.1. The van der Waals surface area contributed by atoms with Gasteiger partial charge in [0.25, 0.3) is 0 Å². The summed E-state index contributed by atoms with van der Waals surface area (Å²) in [6, 6.07) is 15.8. The van der Waals surface area contributed by atoms with Crippen molar-refractivity contribution >= 4 is 22.6 Å². The second kappa shape index (κ2) is 10.7. The number of carbonyl (C=O) groups is 1. The summed E-state index contributed by atoms with van der Waals surface area (Å²) in [5.41, 5.74) is 1.99. The third kappa shape index (κ3) is 5.36. The number of hydrogen-bond donors (Lipinski definition) is 1. The van der Waals surface area contributed by atoms with Crippen LogP contribution in [0.15, 0.2) is 60.9 Å². The van der Waals surface area contributed by atoms with E-state index in [-0.39, 0.29) is 18.1 Å². The van der Waals surface area contributed by atoms with Gasteiger partial charge in [0.15, 0.2) is 5.82 Å². The van der Waals surface area contributed by atoms with Crippen LogP contribution in [0.5, 0.6) is 5.75 Å². The van der Waals surface area contributed by atoms with E-state index in [1.165, 1.54) is 6.92 Å². The number of methoxy groups -OCH3 is 1. The van der Waals surface area contributed by atoms with Crippen LogP contribution in [-0.2, 0) is 31.2 Å². The molecule has 4 aromatic rings. The van der Waals surface area contributed by atoms with E-state index in [4.69, 9.17) is 23.9 Å². The van der Waals surface area contributed by atoms with Gasteiger partial charge in [0, 0.05) is 69.7 Å². The summed E-state index contributed by atoms with van der Waals surface area (Å²) in [5.74, 6) is 1.51. The van der Waals surface area contributed by atoms with Crippen LogP contribution in [0.4, 0.5) is 5.82 Å². The van der Waals surface area contributed by atoms with E-state index in [1.54, 1.807) is 30.3 Å². The van der Waals surface area contributed by atoms with Gasteiger partial charge in [0.2, 0.25) is 5.91 Å². The highest BCUT2D eigenvalue weighted by Crippen LogP contribution is 2.37. The summed E-state index contributed by atoms with van der Waals surface area (Å²) in [5, 5.41) is 8.13. The Bertz CT molecular complexity index is 1460. The average Bonchev–Trinajstić information content (AvgIpc) is 3.58. The molecule has 4 heterocycles. The molecule has 39 heavy (non-hydrogen) atoms. The zero-order chi connectivity index (χ0) is 26.8. The zero-order valence-electron chi connectivity index (χ0n) is 22.0. The first kappa shape index (κ1) is 25.4. The van der Waals surface area contributed by atoms with Gasteiger partial charge < -0.3 is 24.3 Å². The highest BCUT2D eigenvalue weighted by atomic mass is 16.6. The number of aromatic nitrogens is 4. The van der Waals surface area contributed by atoms with Gasteiger partial charge in [-0.05, 0) is 5.56 Å². The maximum Gasteiger partial charge on any atom is 0.222 e. The van der Waals surface area contributed by atoms with E-state index in [2.05, 4.69) is 27.5 Å². The highest BCUT2D eigenvalue weighted by molar-refractivity contribution is 5.90. The van der Waals surface area contributed by atoms with Crippen LogP contribution >= 0.6 is 0 Å². The maximum absolute atomic E-state index is 11.6. The lowest BCUT2D eigenvalue weighted by Gasteiger charge is -2.35.